The molecule has 0 aromatic rings. The zero-order valence-electron chi connectivity index (χ0n) is 3.02. The maximum absolute atomic E-state index is 5.22. The van der Waals surface area contributed by atoms with Gasteiger partial charge in [-0.05, 0) is 0 Å². The van der Waals surface area contributed by atoms with Gasteiger partial charge in [0.25, 0.3) is 0 Å². The molecule has 0 saturated heterocycles. The molecule has 0 rings (SSSR count). The van der Waals surface area contributed by atoms with Crippen molar-refractivity contribution >= 4 is 60.4 Å². The first-order chi connectivity index (χ1) is 1.73. The second-order valence-electron chi connectivity index (χ2n) is 0.402. The molecule has 0 heterocycles. The fourth-order valence-corrected chi connectivity index (χ4v) is 0. The Labute approximate surface area is 64.7 Å². The molecule has 0 amide bonds. The fourth-order valence-electron chi connectivity index (χ4n) is 0. The van der Waals surface area contributed by atoms with Crippen LogP contribution in [0.15, 0.2) is 0 Å². The average molecular weight is 281 g/mol. The monoisotopic (exact) mass is 278 g/mol. The molecule has 6 heavy (non-hydrogen) atoms. The molecule has 0 aromatic carbocycles. The summed E-state index contributed by atoms with van der Waals surface area (Å²) in [5, 5.41) is 0. The summed E-state index contributed by atoms with van der Waals surface area (Å²) in [6.07, 6.45) is 0. The van der Waals surface area contributed by atoms with E-state index in [1.807, 2.05) is 4.87 Å². The van der Waals surface area contributed by atoms with E-state index < -0.39 is 17.9 Å². The van der Waals surface area contributed by atoms with Crippen molar-refractivity contribution in [2.75, 3.05) is 0 Å². The SMILES string of the molecule is Cl.Cl.[CH3][Sb]([Cl])[Cl]. The Kier molecular flexibility index (Phi) is 26.3. The average Bonchev–Trinajstić information content (AvgIpc) is 0.811. The molecule has 42 valence electrons. The van der Waals surface area contributed by atoms with Crippen molar-refractivity contribution in [3.63, 3.8) is 0 Å². The van der Waals surface area contributed by atoms with E-state index in [0.29, 0.717) is 0 Å². The topological polar surface area (TPSA) is 0 Å². The molecular formula is CH5Cl4Sb. The predicted octanol–water partition coefficient (Wildman–Crippen LogP) is 2.43. The number of rotatable bonds is 0. The van der Waals surface area contributed by atoms with E-state index in [9.17, 15) is 0 Å². The summed E-state index contributed by atoms with van der Waals surface area (Å²) in [6.45, 7) is 0. The van der Waals surface area contributed by atoms with E-state index in [-0.39, 0.29) is 24.8 Å². The van der Waals surface area contributed by atoms with Gasteiger partial charge in [-0.25, -0.2) is 0 Å². The quantitative estimate of drug-likeness (QED) is 0.598. The van der Waals surface area contributed by atoms with Gasteiger partial charge >= 0.3 is 40.5 Å². The molecule has 0 aliphatic heterocycles. The Balaban J connectivity index is -0.0000000450. The van der Waals surface area contributed by atoms with Crippen LogP contribution < -0.4 is 0 Å². The summed E-state index contributed by atoms with van der Waals surface area (Å²) in [5.41, 5.74) is 0. The van der Waals surface area contributed by atoms with E-state index in [0.717, 1.165) is 0 Å². The van der Waals surface area contributed by atoms with Crippen molar-refractivity contribution in [1.82, 2.24) is 0 Å². The second-order valence-corrected chi connectivity index (χ2v) is 10.7. The summed E-state index contributed by atoms with van der Waals surface area (Å²) in [6, 6.07) is 0. The van der Waals surface area contributed by atoms with Crippen molar-refractivity contribution in [3.05, 3.63) is 0 Å². The third-order valence-electron chi connectivity index (χ3n) is 0. The number of hydrogen-bond donors (Lipinski definition) is 0. The maximum atomic E-state index is 5.22. The van der Waals surface area contributed by atoms with E-state index in [1.165, 1.54) is 0 Å². The summed E-state index contributed by atoms with van der Waals surface area (Å²) >= 11 is -1.51. The second kappa shape index (κ2) is 10.1. The molecule has 0 aromatic heterocycles. The van der Waals surface area contributed by atoms with Gasteiger partial charge < -0.3 is 0 Å². The van der Waals surface area contributed by atoms with Gasteiger partial charge in [0.05, 0.1) is 0 Å². The van der Waals surface area contributed by atoms with Crippen molar-refractivity contribution in [3.8, 4) is 0 Å². The summed E-state index contributed by atoms with van der Waals surface area (Å²) in [4.78, 5) is 1.88. The van der Waals surface area contributed by atoms with Crippen LogP contribution in [0, 0.1) is 0 Å². The minimum atomic E-state index is -1.51. The van der Waals surface area contributed by atoms with Gasteiger partial charge in [0.15, 0.2) is 0 Å². The van der Waals surface area contributed by atoms with Gasteiger partial charge in [-0.3, -0.25) is 0 Å². The van der Waals surface area contributed by atoms with Crippen LogP contribution in [-0.2, 0) is 0 Å². The van der Waals surface area contributed by atoms with Gasteiger partial charge in [-0.2, -0.15) is 0 Å². The van der Waals surface area contributed by atoms with Gasteiger partial charge in [-0.15, -0.1) is 24.8 Å². The van der Waals surface area contributed by atoms with E-state index in [1.54, 1.807) is 0 Å². The molecule has 0 bridgehead atoms. The third-order valence-corrected chi connectivity index (χ3v) is 0. The zero-order valence-corrected chi connectivity index (χ0v) is 8.72. The summed E-state index contributed by atoms with van der Waals surface area (Å²) in [7, 11) is 10.4. The van der Waals surface area contributed by atoms with Crippen LogP contribution in [-0.4, -0.2) is 17.9 Å². The normalized spacial score (nSPS) is 6.00. The Morgan fingerprint density at radius 3 is 1.17 bits per heavy atom. The standard InChI is InChI=1S/CH3.4ClH.Sb/h1H3;4*1H;/q;;;;;+2/p-2. The minimum absolute atomic E-state index is 0. The van der Waals surface area contributed by atoms with Crippen LogP contribution >= 0.6 is 42.5 Å². The fraction of sp³-hybridized carbons (Fsp3) is 1.00. The van der Waals surface area contributed by atoms with Crippen molar-refractivity contribution in [2.45, 2.75) is 4.87 Å². The van der Waals surface area contributed by atoms with E-state index >= 15 is 0 Å². The first-order valence-electron chi connectivity index (χ1n) is 0.785. The molecule has 0 radical (unpaired) electrons. The van der Waals surface area contributed by atoms with Gasteiger partial charge in [-0.1, -0.05) is 0 Å². The number of halogens is 4. The number of hydrogen-bond acceptors (Lipinski definition) is 0. The molecule has 0 aliphatic rings. The van der Waals surface area contributed by atoms with Crippen molar-refractivity contribution in [2.24, 2.45) is 0 Å². The summed E-state index contributed by atoms with van der Waals surface area (Å²) < 4.78 is 0. The van der Waals surface area contributed by atoms with E-state index in [2.05, 4.69) is 0 Å². The molecule has 0 spiro atoms. The van der Waals surface area contributed by atoms with Crippen LogP contribution in [0.3, 0.4) is 0 Å². The molecule has 0 aliphatic carbocycles. The third kappa shape index (κ3) is 37.9. The molecule has 0 fully saturated rings. The van der Waals surface area contributed by atoms with Gasteiger partial charge in [0.1, 0.15) is 0 Å². The van der Waals surface area contributed by atoms with Crippen LogP contribution in [0.5, 0.6) is 0 Å². The molecule has 5 heteroatoms. The van der Waals surface area contributed by atoms with E-state index in [4.69, 9.17) is 17.7 Å². The Hall–Kier alpha value is 1.98. The molecule has 0 nitrogen and oxygen atoms in total. The first kappa shape index (κ1) is 15.7. The molecule has 0 unspecified atom stereocenters. The van der Waals surface area contributed by atoms with Crippen LogP contribution in [0.2, 0.25) is 4.87 Å². The molecule has 0 saturated carbocycles. The predicted molar refractivity (Wildman–Crippen MR) is 37.8 cm³/mol. The van der Waals surface area contributed by atoms with Crippen LogP contribution in [0.1, 0.15) is 0 Å². The first-order valence-corrected chi connectivity index (χ1v) is 9.80. The summed E-state index contributed by atoms with van der Waals surface area (Å²) in [5.74, 6) is 0. The molecular weight excluding hydrogens is 276 g/mol. The van der Waals surface area contributed by atoms with Gasteiger partial charge in [0, 0.05) is 0 Å². The Morgan fingerprint density at radius 1 is 1.17 bits per heavy atom. The van der Waals surface area contributed by atoms with Gasteiger partial charge in [0.2, 0.25) is 0 Å². The zero-order chi connectivity index (χ0) is 3.58. The van der Waals surface area contributed by atoms with Crippen molar-refractivity contribution < 1.29 is 0 Å². The Morgan fingerprint density at radius 2 is 1.17 bits per heavy atom. The molecule has 0 N–H and O–H groups in total. The Bertz CT molecular complexity index is 12.3. The van der Waals surface area contributed by atoms with Crippen LogP contribution in [0.4, 0.5) is 0 Å². The molecule has 0 atom stereocenters. The van der Waals surface area contributed by atoms with Crippen molar-refractivity contribution in [1.29, 1.82) is 0 Å². The van der Waals surface area contributed by atoms with Crippen LogP contribution in [0.25, 0.3) is 0 Å².